The van der Waals surface area contributed by atoms with Gasteiger partial charge in [0.1, 0.15) is 0 Å². The Morgan fingerprint density at radius 1 is 1.20 bits per heavy atom. The normalized spacial score (nSPS) is 15.6. The zero-order chi connectivity index (χ0) is 10.7. The van der Waals surface area contributed by atoms with Crippen LogP contribution in [0.1, 0.15) is 0 Å². The molecule has 0 aliphatic carbocycles. The molecule has 0 spiro atoms. The van der Waals surface area contributed by atoms with Crippen LogP contribution in [0.3, 0.4) is 0 Å². The summed E-state index contributed by atoms with van der Waals surface area (Å²) in [5.41, 5.74) is 0. The Kier molecular flexibility index (Phi) is 2.55. The molecule has 0 amide bonds. The molecule has 0 bridgehead atoms. The van der Waals surface area contributed by atoms with Crippen molar-refractivity contribution in [1.29, 1.82) is 0 Å². The van der Waals surface area contributed by atoms with E-state index in [1.54, 1.807) is 42.6 Å². The van der Waals surface area contributed by atoms with Crippen LogP contribution in [0.2, 0.25) is 0 Å². The van der Waals surface area contributed by atoms with Gasteiger partial charge in [-0.1, -0.05) is 18.2 Å². The largest absolute Gasteiger partial charge is 0.337 e. The highest BCUT2D eigenvalue weighted by atomic mass is 32.2. The average molecular weight is 222 g/mol. The van der Waals surface area contributed by atoms with E-state index in [4.69, 9.17) is 0 Å². The van der Waals surface area contributed by atoms with Crippen molar-refractivity contribution in [3.8, 4) is 0 Å². The van der Waals surface area contributed by atoms with Crippen molar-refractivity contribution < 1.29 is 8.42 Å². The molecule has 0 radical (unpaired) electrons. The molecule has 2 rings (SSSR count). The van der Waals surface area contributed by atoms with Gasteiger partial charge in [0.25, 0.3) is 0 Å². The van der Waals surface area contributed by atoms with E-state index in [0.717, 1.165) is 0 Å². The van der Waals surface area contributed by atoms with Crippen LogP contribution < -0.4 is 5.32 Å². The van der Waals surface area contributed by atoms with Crippen molar-refractivity contribution in [1.82, 2.24) is 5.32 Å². The molecular weight excluding hydrogens is 212 g/mol. The maximum absolute atomic E-state index is 12.0. The van der Waals surface area contributed by atoms with Gasteiger partial charge in [0.2, 0.25) is 15.0 Å². The van der Waals surface area contributed by atoms with E-state index in [0.29, 0.717) is 6.54 Å². The van der Waals surface area contributed by atoms with Gasteiger partial charge in [-0.25, -0.2) is 8.42 Å². The Morgan fingerprint density at radius 2 is 1.93 bits per heavy atom. The minimum absolute atomic E-state index is 0.0104. The number of rotatable bonds is 1. The van der Waals surface area contributed by atoms with E-state index in [9.17, 15) is 8.42 Å². The molecular formula is C10H10N2O2S. The fourth-order valence-electron chi connectivity index (χ4n) is 1.24. The summed E-state index contributed by atoms with van der Waals surface area (Å²) in [6.07, 6.45) is 3.34. The third kappa shape index (κ3) is 1.92. The monoisotopic (exact) mass is 222 g/mol. The van der Waals surface area contributed by atoms with Gasteiger partial charge in [-0.2, -0.15) is 0 Å². The van der Waals surface area contributed by atoms with Crippen LogP contribution in [0.4, 0.5) is 0 Å². The van der Waals surface area contributed by atoms with Crippen LogP contribution in [-0.2, 0) is 9.84 Å². The second kappa shape index (κ2) is 3.86. The third-order valence-electron chi connectivity index (χ3n) is 1.97. The van der Waals surface area contributed by atoms with E-state index in [2.05, 4.69) is 10.3 Å². The first-order valence-corrected chi connectivity index (χ1v) is 5.96. The maximum atomic E-state index is 12.0. The molecule has 1 aliphatic heterocycles. The number of amidine groups is 1. The van der Waals surface area contributed by atoms with E-state index in [-0.39, 0.29) is 10.1 Å². The molecule has 4 nitrogen and oxygen atoms in total. The molecule has 15 heavy (non-hydrogen) atoms. The predicted molar refractivity (Wildman–Crippen MR) is 58.2 cm³/mol. The summed E-state index contributed by atoms with van der Waals surface area (Å²) < 4.78 is 23.9. The zero-order valence-corrected chi connectivity index (χ0v) is 8.74. The van der Waals surface area contributed by atoms with Gasteiger partial charge in [-0.05, 0) is 18.2 Å². The van der Waals surface area contributed by atoms with E-state index in [1.807, 2.05) is 0 Å². The van der Waals surface area contributed by atoms with Crippen LogP contribution in [-0.4, -0.2) is 20.1 Å². The highest BCUT2D eigenvalue weighted by molar-refractivity contribution is 8.06. The number of hydrogen-bond donors (Lipinski definition) is 1. The van der Waals surface area contributed by atoms with Crippen molar-refractivity contribution in [3.05, 3.63) is 42.6 Å². The highest BCUT2D eigenvalue weighted by Gasteiger charge is 2.21. The second-order valence-electron chi connectivity index (χ2n) is 3.01. The number of benzene rings is 1. The minimum atomic E-state index is -3.47. The van der Waals surface area contributed by atoms with Crippen molar-refractivity contribution in [3.63, 3.8) is 0 Å². The molecule has 1 aromatic carbocycles. The van der Waals surface area contributed by atoms with Crippen molar-refractivity contribution in [2.45, 2.75) is 4.90 Å². The smallest absolute Gasteiger partial charge is 0.239 e. The number of hydrogen-bond acceptors (Lipinski definition) is 4. The zero-order valence-electron chi connectivity index (χ0n) is 7.92. The fourth-order valence-corrected chi connectivity index (χ4v) is 2.44. The fraction of sp³-hybridized carbons (Fsp3) is 0.100. The molecule has 1 aliphatic rings. The van der Waals surface area contributed by atoms with Gasteiger partial charge in [0.05, 0.1) is 11.4 Å². The molecule has 0 atom stereocenters. The van der Waals surface area contributed by atoms with Crippen LogP contribution in [0.5, 0.6) is 0 Å². The first kappa shape index (κ1) is 9.92. The summed E-state index contributed by atoms with van der Waals surface area (Å²) in [6, 6.07) is 8.25. The summed E-state index contributed by atoms with van der Waals surface area (Å²) in [6.45, 7) is 0.397. The Bertz CT molecular complexity index is 503. The van der Waals surface area contributed by atoms with Gasteiger partial charge in [0.15, 0.2) is 0 Å². The molecule has 1 N–H and O–H groups in total. The topological polar surface area (TPSA) is 58.5 Å². The Balaban J connectivity index is 2.40. The molecule has 78 valence electrons. The number of sulfone groups is 1. The number of nitrogens with one attached hydrogen (secondary N) is 1. The molecule has 0 unspecified atom stereocenters. The average Bonchev–Trinajstić information content (AvgIpc) is 2.31. The lowest BCUT2D eigenvalue weighted by molar-refractivity contribution is 0.606. The predicted octanol–water partition coefficient (Wildman–Crippen LogP) is 0.933. The Hall–Kier alpha value is -1.62. The van der Waals surface area contributed by atoms with Gasteiger partial charge < -0.3 is 5.32 Å². The number of aliphatic imine (C=N–C) groups is 1. The third-order valence-corrected chi connectivity index (χ3v) is 3.62. The number of nitrogens with zero attached hydrogens (tertiary/aromatic N) is 1. The van der Waals surface area contributed by atoms with Crippen molar-refractivity contribution >= 4 is 15.0 Å². The first-order chi connectivity index (χ1) is 7.21. The molecule has 0 fully saturated rings. The summed E-state index contributed by atoms with van der Waals surface area (Å²) in [5, 5.41) is 2.65. The minimum Gasteiger partial charge on any atom is -0.337 e. The Morgan fingerprint density at radius 3 is 2.53 bits per heavy atom. The van der Waals surface area contributed by atoms with Gasteiger partial charge >= 0.3 is 0 Å². The van der Waals surface area contributed by atoms with Gasteiger partial charge in [-0.3, -0.25) is 4.99 Å². The van der Waals surface area contributed by atoms with Gasteiger partial charge in [0, 0.05) is 6.20 Å². The van der Waals surface area contributed by atoms with Crippen LogP contribution in [0, 0.1) is 0 Å². The molecule has 0 saturated carbocycles. The lowest BCUT2D eigenvalue weighted by Gasteiger charge is -2.10. The highest BCUT2D eigenvalue weighted by Crippen LogP contribution is 2.11. The summed E-state index contributed by atoms with van der Waals surface area (Å²) in [5.74, 6) is 0. The molecule has 1 aromatic rings. The SMILES string of the molecule is O=S(=O)(C1=NCC=CN1)c1ccccc1. The maximum Gasteiger partial charge on any atom is 0.239 e. The van der Waals surface area contributed by atoms with Crippen molar-refractivity contribution in [2.75, 3.05) is 6.54 Å². The Labute approximate surface area is 88.3 Å². The molecule has 0 aromatic heterocycles. The summed E-state index contributed by atoms with van der Waals surface area (Å²) in [7, 11) is -3.47. The van der Waals surface area contributed by atoms with Crippen LogP contribution >= 0.6 is 0 Å². The lowest BCUT2D eigenvalue weighted by atomic mass is 10.4. The summed E-state index contributed by atoms with van der Waals surface area (Å²) in [4.78, 5) is 4.16. The molecule has 0 saturated heterocycles. The van der Waals surface area contributed by atoms with Crippen LogP contribution in [0.25, 0.3) is 0 Å². The standard InChI is InChI=1S/C10H10N2O2S/c13-15(14,9-5-2-1-3-6-9)10-11-7-4-8-12-10/h1-7H,8H2,(H,11,12). The van der Waals surface area contributed by atoms with Crippen LogP contribution in [0.15, 0.2) is 52.5 Å². The molecule has 5 heteroatoms. The summed E-state index contributed by atoms with van der Waals surface area (Å²) >= 11 is 0. The molecule has 1 heterocycles. The first-order valence-electron chi connectivity index (χ1n) is 4.47. The second-order valence-corrected chi connectivity index (χ2v) is 4.87. The van der Waals surface area contributed by atoms with Crippen molar-refractivity contribution in [2.24, 2.45) is 4.99 Å². The quantitative estimate of drug-likeness (QED) is 0.769. The van der Waals surface area contributed by atoms with E-state index >= 15 is 0 Å². The van der Waals surface area contributed by atoms with E-state index < -0.39 is 9.84 Å². The van der Waals surface area contributed by atoms with E-state index in [1.165, 1.54) is 0 Å². The van der Waals surface area contributed by atoms with Gasteiger partial charge in [-0.15, -0.1) is 0 Å². The lowest BCUT2D eigenvalue weighted by Crippen LogP contribution is -2.29.